The highest BCUT2D eigenvalue weighted by Gasteiger charge is 2.23. The lowest BCUT2D eigenvalue weighted by Crippen LogP contribution is -2.48. The largest absolute Gasteiger partial charge is 0.349 e. The summed E-state index contributed by atoms with van der Waals surface area (Å²) in [6.07, 6.45) is 0.902. The summed E-state index contributed by atoms with van der Waals surface area (Å²) < 4.78 is 25.5. The zero-order chi connectivity index (χ0) is 15.5. The van der Waals surface area contributed by atoms with Crippen LogP contribution in [0, 0.1) is 5.92 Å². The molecule has 6 nitrogen and oxygen atoms in total. The van der Waals surface area contributed by atoms with Crippen LogP contribution >= 0.6 is 0 Å². The number of nitrogens with one attached hydrogen (secondary N) is 3. The summed E-state index contributed by atoms with van der Waals surface area (Å²) in [6.45, 7) is 3.89. The lowest BCUT2D eigenvalue weighted by molar-refractivity contribution is 0.0914. The van der Waals surface area contributed by atoms with Crippen molar-refractivity contribution in [2.75, 3.05) is 20.1 Å². The average molecular weight is 311 g/mol. The van der Waals surface area contributed by atoms with E-state index in [1.54, 1.807) is 0 Å². The van der Waals surface area contributed by atoms with Crippen LogP contribution in [-0.2, 0) is 10.0 Å². The number of hydrogen-bond donors (Lipinski definition) is 3. The second-order valence-electron chi connectivity index (χ2n) is 5.28. The van der Waals surface area contributed by atoms with Crippen molar-refractivity contribution in [1.29, 1.82) is 0 Å². The lowest BCUT2D eigenvalue weighted by Gasteiger charge is -2.30. The number of carbonyl (C=O) groups is 1. The fourth-order valence-electron chi connectivity index (χ4n) is 2.38. The van der Waals surface area contributed by atoms with E-state index in [-0.39, 0.29) is 16.8 Å². The Bertz CT molecular complexity index is 598. The van der Waals surface area contributed by atoms with Crippen LogP contribution in [0.3, 0.4) is 0 Å². The van der Waals surface area contributed by atoms with Gasteiger partial charge in [0.15, 0.2) is 0 Å². The maximum Gasteiger partial charge on any atom is 0.251 e. The predicted molar refractivity (Wildman–Crippen MR) is 80.6 cm³/mol. The molecule has 1 saturated heterocycles. The number of sulfonamides is 1. The molecule has 1 aromatic rings. The summed E-state index contributed by atoms with van der Waals surface area (Å²) in [5.74, 6) is 0.216. The van der Waals surface area contributed by atoms with Gasteiger partial charge in [0.1, 0.15) is 0 Å². The third kappa shape index (κ3) is 3.81. The molecule has 2 atom stereocenters. The first-order valence-corrected chi connectivity index (χ1v) is 8.47. The molecule has 1 aliphatic rings. The van der Waals surface area contributed by atoms with Gasteiger partial charge in [-0.2, -0.15) is 0 Å². The van der Waals surface area contributed by atoms with E-state index < -0.39 is 10.0 Å². The monoisotopic (exact) mass is 311 g/mol. The van der Waals surface area contributed by atoms with Crippen LogP contribution in [0.4, 0.5) is 0 Å². The number of amides is 1. The summed E-state index contributed by atoms with van der Waals surface area (Å²) >= 11 is 0. The highest BCUT2D eigenvalue weighted by molar-refractivity contribution is 7.89. The van der Waals surface area contributed by atoms with Gasteiger partial charge in [-0.25, -0.2) is 13.1 Å². The van der Waals surface area contributed by atoms with Crippen molar-refractivity contribution in [2.24, 2.45) is 5.92 Å². The third-order valence-electron chi connectivity index (χ3n) is 3.80. The fourth-order valence-corrected chi connectivity index (χ4v) is 3.11. The smallest absolute Gasteiger partial charge is 0.251 e. The Kier molecular flexibility index (Phi) is 4.97. The van der Waals surface area contributed by atoms with E-state index in [9.17, 15) is 13.2 Å². The molecule has 116 valence electrons. The molecule has 21 heavy (non-hydrogen) atoms. The summed E-state index contributed by atoms with van der Waals surface area (Å²) in [4.78, 5) is 12.3. The molecule has 1 aliphatic heterocycles. The van der Waals surface area contributed by atoms with Crippen molar-refractivity contribution in [3.63, 3.8) is 0 Å². The Morgan fingerprint density at radius 2 is 1.95 bits per heavy atom. The van der Waals surface area contributed by atoms with Gasteiger partial charge in [-0.05, 0) is 56.7 Å². The minimum absolute atomic E-state index is 0.150. The number of benzene rings is 1. The Balaban J connectivity index is 2.06. The van der Waals surface area contributed by atoms with Crippen LogP contribution in [0.5, 0.6) is 0 Å². The van der Waals surface area contributed by atoms with E-state index in [1.807, 2.05) is 0 Å². The second kappa shape index (κ2) is 6.55. The van der Waals surface area contributed by atoms with Crippen LogP contribution in [0.25, 0.3) is 0 Å². The number of hydrogen-bond acceptors (Lipinski definition) is 4. The van der Waals surface area contributed by atoms with Gasteiger partial charge in [0, 0.05) is 11.6 Å². The van der Waals surface area contributed by atoms with Crippen LogP contribution in [0.1, 0.15) is 23.7 Å². The Hall–Kier alpha value is -1.44. The third-order valence-corrected chi connectivity index (χ3v) is 5.23. The van der Waals surface area contributed by atoms with Gasteiger partial charge >= 0.3 is 0 Å². The van der Waals surface area contributed by atoms with Gasteiger partial charge in [0.05, 0.1) is 4.90 Å². The van der Waals surface area contributed by atoms with Crippen molar-refractivity contribution in [1.82, 2.24) is 15.4 Å². The molecular weight excluding hydrogens is 290 g/mol. The predicted octanol–water partition coefficient (Wildman–Crippen LogP) is 0.323. The molecule has 1 amide bonds. The highest BCUT2D eigenvalue weighted by atomic mass is 32.2. The second-order valence-corrected chi connectivity index (χ2v) is 7.17. The van der Waals surface area contributed by atoms with E-state index in [0.29, 0.717) is 11.5 Å². The minimum Gasteiger partial charge on any atom is -0.349 e. The van der Waals surface area contributed by atoms with Crippen LogP contribution in [0.2, 0.25) is 0 Å². The molecule has 1 aromatic carbocycles. The summed E-state index contributed by atoms with van der Waals surface area (Å²) in [5, 5.41) is 6.30. The van der Waals surface area contributed by atoms with Crippen LogP contribution < -0.4 is 15.4 Å². The molecule has 0 spiro atoms. The molecule has 3 N–H and O–H groups in total. The van der Waals surface area contributed by atoms with E-state index in [0.717, 1.165) is 19.5 Å². The molecule has 2 unspecified atom stereocenters. The molecular formula is C14H21N3O3S. The molecule has 0 radical (unpaired) electrons. The van der Waals surface area contributed by atoms with Crippen LogP contribution in [0.15, 0.2) is 29.2 Å². The van der Waals surface area contributed by atoms with Crippen molar-refractivity contribution >= 4 is 15.9 Å². The molecule has 7 heteroatoms. The Morgan fingerprint density at radius 1 is 1.29 bits per heavy atom. The maximum atomic E-state index is 12.2. The van der Waals surface area contributed by atoms with Gasteiger partial charge < -0.3 is 10.6 Å². The first-order chi connectivity index (χ1) is 9.94. The van der Waals surface area contributed by atoms with Crippen molar-refractivity contribution < 1.29 is 13.2 Å². The van der Waals surface area contributed by atoms with E-state index in [4.69, 9.17) is 0 Å². The zero-order valence-electron chi connectivity index (χ0n) is 12.2. The molecule has 0 saturated carbocycles. The molecule has 0 aliphatic carbocycles. The molecule has 1 heterocycles. The van der Waals surface area contributed by atoms with E-state index in [2.05, 4.69) is 22.3 Å². The minimum atomic E-state index is -3.47. The fraction of sp³-hybridized carbons (Fsp3) is 0.500. The van der Waals surface area contributed by atoms with Crippen molar-refractivity contribution in [3.05, 3.63) is 29.8 Å². The molecule has 0 bridgehead atoms. The first-order valence-electron chi connectivity index (χ1n) is 6.99. The van der Waals surface area contributed by atoms with E-state index >= 15 is 0 Å². The zero-order valence-corrected chi connectivity index (χ0v) is 13.0. The number of piperidine rings is 1. The summed E-state index contributed by atoms with van der Waals surface area (Å²) in [5.41, 5.74) is 0.468. The van der Waals surface area contributed by atoms with Gasteiger partial charge in [0.2, 0.25) is 10.0 Å². The SMILES string of the molecule is CNS(=O)(=O)c1ccc(C(=O)NC2CCNCC2C)cc1. The average Bonchev–Trinajstić information content (AvgIpc) is 2.49. The number of carbonyl (C=O) groups excluding carboxylic acids is 1. The van der Waals surface area contributed by atoms with Gasteiger partial charge in [-0.1, -0.05) is 6.92 Å². The quantitative estimate of drug-likeness (QED) is 0.747. The van der Waals surface area contributed by atoms with Gasteiger partial charge in [0.25, 0.3) is 5.91 Å². The van der Waals surface area contributed by atoms with Gasteiger partial charge in [-0.3, -0.25) is 4.79 Å². The first kappa shape index (κ1) is 15.9. The molecule has 0 aromatic heterocycles. The highest BCUT2D eigenvalue weighted by Crippen LogP contribution is 2.13. The van der Waals surface area contributed by atoms with E-state index in [1.165, 1.54) is 31.3 Å². The topological polar surface area (TPSA) is 87.3 Å². The molecule has 1 fully saturated rings. The van der Waals surface area contributed by atoms with Crippen molar-refractivity contribution in [2.45, 2.75) is 24.3 Å². The Labute approximate surface area is 125 Å². The van der Waals surface area contributed by atoms with Gasteiger partial charge in [-0.15, -0.1) is 0 Å². The Morgan fingerprint density at radius 3 is 2.52 bits per heavy atom. The normalized spacial score (nSPS) is 22.8. The van der Waals surface area contributed by atoms with Crippen molar-refractivity contribution in [3.8, 4) is 0 Å². The lowest BCUT2D eigenvalue weighted by atomic mass is 9.95. The standard InChI is InChI=1S/C14H21N3O3S/c1-10-9-16-8-7-13(10)17-14(18)11-3-5-12(6-4-11)21(19,20)15-2/h3-6,10,13,15-16H,7-9H2,1-2H3,(H,17,18). The number of rotatable bonds is 4. The summed E-state index contributed by atoms with van der Waals surface area (Å²) in [6, 6.07) is 6.09. The molecule has 2 rings (SSSR count). The summed E-state index contributed by atoms with van der Waals surface area (Å²) in [7, 11) is -2.11. The van der Waals surface area contributed by atoms with Crippen LogP contribution in [-0.4, -0.2) is 40.5 Å². The maximum absolute atomic E-state index is 12.2.